The molecule has 1 heterocycles. The predicted octanol–water partition coefficient (Wildman–Crippen LogP) is 1.95. The van der Waals surface area contributed by atoms with Gasteiger partial charge < -0.3 is 19.1 Å². The van der Waals surface area contributed by atoms with Crippen LogP contribution in [0.1, 0.15) is 25.0 Å². The van der Waals surface area contributed by atoms with Gasteiger partial charge in [-0.3, -0.25) is 0 Å². The van der Waals surface area contributed by atoms with Crippen LogP contribution >= 0.6 is 0 Å². The van der Waals surface area contributed by atoms with Gasteiger partial charge in [0.1, 0.15) is 30.5 Å². The molecule has 6 heteroatoms. The molecule has 2 rings (SSSR count). The normalized spacial score (nSPS) is 10.6. The Hall–Kier alpha value is -2.08. The van der Waals surface area contributed by atoms with E-state index in [1.807, 2.05) is 31.2 Å². The van der Waals surface area contributed by atoms with Gasteiger partial charge in [0.2, 0.25) is 0 Å². The van der Waals surface area contributed by atoms with E-state index in [1.54, 1.807) is 0 Å². The number of aromatic nitrogens is 3. The van der Waals surface area contributed by atoms with Gasteiger partial charge in [0, 0.05) is 6.54 Å². The van der Waals surface area contributed by atoms with Crippen molar-refractivity contribution in [3.05, 3.63) is 35.9 Å². The maximum Gasteiger partial charge on any atom is 0.171 e. The molecule has 0 radical (unpaired) electrons. The van der Waals surface area contributed by atoms with Crippen molar-refractivity contribution in [3.8, 4) is 11.5 Å². The minimum atomic E-state index is 0.00465. The summed E-state index contributed by atoms with van der Waals surface area (Å²) in [6.07, 6.45) is 1.03. The first-order chi connectivity index (χ1) is 10.2. The summed E-state index contributed by atoms with van der Waals surface area (Å²) < 4.78 is 13.1. The maximum absolute atomic E-state index is 8.70. The quantitative estimate of drug-likeness (QED) is 0.805. The number of aliphatic hydroxyl groups is 1. The van der Waals surface area contributed by atoms with Crippen LogP contribution in [-0.2, 0) is 13.2 Å². The molecule has 0 fully saturated rings. The summed E-state index contributed by atoms with van der Waals surface area (Å²) >= 11 is 0. The second kappa shape index (κ2) is 7.64. The molecular weight excluding hydrogens is 270 g/mol. The van der Waals surface area contributed by atoms with E-state index in [0.717, 1.165) is 30.4 Å². The number of nitrogens with zero attached hydrogens (tertiary/aromatic N) is 3. The SMILES string of the molecule is CCCn1c(C)nnc1COc1ccc(OCCO)cc1. The zero-order valence-corrected chi connectivity index (χ0v) is 12.5. The highest BCUT2D eigenvalue weighted by Crippen LogP contribution is 2.18. The molecule has 114 valence electrons. The van der Waals surface area contributed by atoms with Crippen LogP contribution in [0.2, 0.25) is 0 Å². The average molecular weight is 291 g/mol. The van der Waals surface area contributed by atoms with Gasteiger partial charge in [-0.2, -0.15) is 0 Å². The molecule has 6 nitrogen and oxygen atoms in total. The molecule has 2 aromatic rings. The summed E-state index contributed by atoms with van der Waals surface area (Å²) in [7, 11) is 0. The van der Waals surface area contributed by atoms with Crippen molar-refractivity contribution in [1.29, 1.82) is 0 Å². The lowest BCUT2D eigenvalue weighted by molar-refractivity contribution is 0.201. The van der Waals surface area contributed by atoms with Gasteiger partial charge in [-0.25, -0.2) is 0 Å². The number of hydrogen-bond acceptors (Lipinski definition) is 5. The minimum Gasteiger partial charge on any atom is -0.491 e. The lowest BCUT2D eigenvalue weighted by atomic mass is 10.3. The van der Waals surface area contributed by atoms with Crippen molar-refractivity contribution < 1.29 is 14.6 Å². The van der Waals surface area contributed by atoms with Crippen LogP contribution in [0.25, 0.3) is 0 Å². The number of aryl methyl sites for hydroxylation is 1. The van der Waals surface area contributed by atoms with E-state index < -0.39 is 0 Å². The molecule has 0 saturated heterocycles. The molecule has 0 saturated carbocycles. The highest BCUT2D eigenvalue weighted by atomic mass is 16.5. The Bertz CT molecular complexity index is 552. The van der Waals surface area contributed by atoms with Crippen molar-refractivity contribution in [2.45, 2.75) is 33.4 Å². The van der Waals surface area contributed by atoms with Gasteiger partial charge in [-0.05, 0) is 37.6 Å². The standard InChI is InChI=1S/C15H21N3O3/c1-3-8-18-12(2)16-17-15(18)11-21-14-6-4-13(5-7-14)20-10-9-19/h4-7,19H,3,8-11H2,1-2H3. The molecule has 0 aliphatic rings. The van der Waals surface area contributed by atoms with E-state index in [2.05, 4.69) is 21.7 Å². The highest BCUT2D eigenvalue weighted by Gasteiger charge is 2.08. The van der Waals surface area contributed by atoms with Gasteiger partial charge in [-0.1, -0.05) is 6.92 Å². The molecule has 0 spiro atoms. The molecule has 1 aromatic carbocycles. The molecule has 0 unspecified atom stereocenters. The molecule has 21 heavy (non-hydrogen) atoms. The summed E-state index contributed by atoms with van der Waals surface area (Å²) in [5, 5.41) is 16.9. The van der Waals surface area contributed by atoms with Crippen LogP contribution in [0.5, 0.6) is 11.5 Å². The van der Waals surface area contributed by atoms with E-state index >= 15 is 0 Å². The minimum absolute atomic E-state index is 0.00465. The Labute approximate surface area is 124 Å². The smallest absolute Gasteiger partial charge is 0.171 e. The first-order valence-electron chi connectivity index (χ1n) is 7.09. The lowest BCUT2D eigenvalue weighted by Gasteiger charge is -2.09. The summed E-state index contributed by atoms with van der Waals surface area (Å²) in [6.45, 7) is 5.64. The summed E-state index contributed by atoms with van der Waals surface area (Å²) in [5.41, 5.74) is 0. The van der Waals surface area contributed by atoms with Crippen molar-refractivity contribution in [2.75, 3.05) is 13.2 Å². The third-order valence-electron chi connectivity index (χ3n) is 3.01. The van der Waals surface area contributed by atoms with Crippen molar-refractivity contribution >= 4 is 0 Å². The molecule has 0 atom stereocenters. The fraction of sp³-hybridized carbons (Fsp3) is 0.467. The Morgan fingerprint density at radius 2 is 1.76 bits per heavy atom. The van der Waals surface area contributed by atoms with E-state index in [1.165, 1.54) is 0 Å². The number of rotatable bonds is 8. The topological polar surface area (TPSA) is 69.4 Å². The second-order valence-corrected chi connectivity index (χ2v) is 4.65. The van der Waals surface area contributed by atoms with Crippen molar-refractivity contribution in [2.24, 2.45) is 0 Å². The Morgan fingerprint density at radius 1 is 1.10 bits per heavy atom. The number of hydrogen-bond donors (Lipinski definition) is 1. The molecule has 0 amide bonds. The van der Waals surface area contributed by atoms with Gasteiger partial charge >= 0.3 is 0 Å². The Kier molecular flexibility index (Phi) is 5.57. The molecule has 0 aliphatic heterocycles. The molecule has 1 N–H and O–H groups in total. The van der Waals surface area contributed by atoms with Crippen LogP contribution in [0.15, 0.2) is 24.3 Å². The predicted molar refractivity (Wildman–Crippen MR) is 78.4 cm³/mol. The van der Waals surface area contributed by atoms with Gasteiger partial charge in [0.05, 0.1) is 6.61 Å². The van der Waals surface area contributed by atoms with Crippen LogP contribution in [0, 0.1) is 6.92 Å². The zero-order chi connectivity index (χ0) is 15.1. The largest absolute Gasteiger partial charge is 0.491 e. The monoisotopic (exact) mass is 291 g/mol. The van der Waals surface area contributed by atoms with E-state index in [9.17, 15) is 0 Å². The van der Waals surface area contributed by atoms with Crippen LogP contribution in [0.3, 0.4) is 0 Å². The van der Waals surface area contributed by atoms with Crippen LogP contribution in [-0.4, -0.2) is 33.1 Å². The molecule has 1 aromatic heterocycles. The van der Waals surface area contributed by atoms with Crippen molar-refractivity contribution in [1.82, 2.24) is 14.8 Å². The molecule has 0 bridgehead atoms. The van der Waals surface area contributed by atoms with E-state index in [4.69, 9.17) is 14.6 Å². The number of ether oxygens (including phenoxy) is 2. The summed E-state index contributed by atoms with van der Waals surface area (Å²) in [5.74, 6) is 3.19. The second-order valence-electron chi connectivity index (χ2n) is 4.65. The fourth-order valence-electron chi connectivity index (χ4n) is 1.99. The first kappa shape index (κ1) is 15.3. The molecular formula is C15H21N3O3. The van der Waals surface area contributed by atoms with E-state index in [0.29, 0.717) is 19.0 Å². The van der Waals surface area contributed by atoms with E-state index in [-0.39, 0.29) is 6.61 Å². The number of aliphatic hydroxyl groups excluding tert-OH is 1. The average Bonchev–Trinajstić information content (AvgIpc) is 2.85. The fourth-order valence-corrected chi connectivity index (χ4v) is 1.99. The van der Waals surface area contributed by atoms with Gasteiger partial charge in [0.15, 0.2) is 5.82 Å². The molecule has 0 aliphatic carbocycles. The van der Waals surface area contributed by atoms with Crippen LogP contribution < -0.4 is 9.47 Å². The number of benzene rings is 1. The third kappa shape index (κ3) is 4.19. The zero-order valence-electron chi connectivity index (χ0n) is 12.5. The first-order valence-corrected chi connectivity index (χ1v) is 7.09. The Balaban J connectivity index is 1.93. The van der Waals surface area contributed by atoms with Crippen molar-refractivity contribution in [3.63, 3.8) is 0 Å². The van der Waals surface area contributed by atoms with Crippen LogP contribution in [0.4, 0.5) is 0 Å². The Morgan fingerprint density at radius 3 is 2.38 bits per heavy atom. The highest BCUT2D eigenvalue weighted by molar-refractivity contribution is 5.31. The van der Waals surface area contributed by atoms with Gasteiger partial charge in [-0.15, -0.1) is 10.2 Å². The summed E-state index contributed by atoms with van der Waals surface area (Å²) in [6, 6.07) is 7.29. The van der Waals surface area contributed by atoms with Gasteiger partial charge in [0.25, 0.3) is 0 Å². The third-order valence-corrected chi connectivity index (χ3v) is 3.01. The maximum atomic E-state index is 8.70. The lowest BCUT2D eigenvalue weighted by Crippen LogP contribution is -2.08. The summed E-state index contributed by atoms with van der Waals surface area (Å²) in [4.78, 5) is 0.